The molecule has 0 unspecified atom stereocenters. The standard InChI is InChI=1S/C19H19N3/c1-3-5-15-6-4-13-22-17(15)20-21-18(22)19(11-12-19)16-9-7-14(2)8-10-16/h3-4,6-10,13H,1,5,11-12H2,2H3. The fourth-order valence-electron chi connectivity index (χ4n) is 3.25. The van der Waals surface area contributed by atoms with Crippen LogP contribution in [0.4, 0.5) is 0 Å². The molecule has 1 saturated carbocycles. The number of pyridine rings is 1. The van der Waals surface area contributed by atoms with Gasteiger partial charge in [0.05, 0.1) is 5.41 Å². The van der Waals surface area contributed by atoms with E-state index in [2.05, 4.69) is 70.7 Å². The molecule has 0 aliphatic heterocycles. The van der Waals surface area contributed by atoms with Crippen LogP contribution in [0.25, 0.3) is 5.65 Å². The third-order valence-corrected chi connectivity index (χ3v) is 4.66. The highest BCUT2D eigenvalue weighted by Gasteiger charge is 2.49. The molecule has 2 heterocycles. The molecule has 0 spiro atoms. The summed E-state index contributed by atoms with van der Waals surface area (Å²) in [5, 5.41) is 9.00. The Labute approximate surface area is 130 Å². The van der Waals surface area contributed by atoms with Crippen LogP contribution in [0.1, 0.15) is 35.4 Å². The minimum Gasteiger partial charge on any atom is -0.285 e. The molecule has 1 fully saturated rings. The van der Waals surface area contributed by atoms with Gasteiger partial charge in [-0.3, -0.25) is 4.40 Å². The number of allylic oxidation sites excluding steroid dienone is 1. The first-order valence-electron chi connectivity index (χ1n) is 7.76. The Morgan fingerprint density at radius 2 is 1.95 bits per heavy atom. The van der Waals surface area contributed by atoms with Crippen LogP contribution in [0.15, 0.2) is 55.3 Å². The molecule has 0 radical (unpaired) electrons. The van der Waals surface area contributed by atoms with Crippen molar-refractivity contribution in [3.8, 4) is 0 Å². The number of hydrogen-bond acceptors (Lipinski definition) is 2. The number of fused-ring (bicyclic) bond motifs is 1. The van der Waals surface area contributed by atoms with E-state index in [1.165, 1.54) is 16.7 Å². The average molecular weight is 289 g/mol. The van der Waals surface area contributed by atoms with Crippen molar-refractivity contribution in [2.24, 2.45) is 0 Å². The summed E-state index contributed by atoms with van der Waals surface area (Å²) in [6.45, 7) is 5.95. The van der Waals surface area contributed by atoms with Crippen molar-refractivity contribution in [1.82, 2.24) is 14.6 Å². The maximum atomic E-state index is 4.55. The molecule has 0 amide bonds. The van der Waals surface area contributed by atoms with E-state index in [1.54, 1.807) is 0 Å². The van der Waals surface area contributed by atoms with E-state index in [1.807, 2.05) is 6.08 Å². The van der Waals surface area contributed by atoms with Gasteiger partial charge >= 0.3 is 0 Å². The van der Waals surface area contributed by atoms with Gasteiger partial charge in [0, 0.05) is 11.8 Å². The first kappa shape index (κ1) is 13.3. The molecule has 1 aromatic carbocycles. The number of hydrogen-bond donors (Lipinski definition) is 0. The zero-order valence-electron chi connectivity index (χ0n) is 12.8. The Kier molecular flexibility index (Phi) is 2.89. The maximum absolute atomic E-state index is 4.55. The van der Waals surface area contributed by atoms with Crippen LogP contribution >= 0.6 is 0 Å². The molecule has 1 aliphatic carbocycles. The quantitative estimate of drug-likeness (QED) is 0.683. The molecule has 22 heavy (non-hydrogen) atoms. The van der Waals surface area contributed by atoms with Crippen molar-refractivity contribution in [3.05, 3.63) is 77.8 Å². The highest BCUT2D eigenvalue weighted by molar-refractivity contribution is 5.51. The van der Waals surface area contributed by atoms with E-state index in [0.717, 1.165) is 30.7 Å². The Morgan fingerprint density at radius 1 is 1.18 bits per heavy atom. The van der Waals surface area contributed by atoms with Crippen LogP contribution in [0.5, 0.6) is 0 Å². The molecule has 0 N–H and O–H groups in total. The second kappa shape index (κ2) is 4.80. The van der Waals surface area contributed by atoms with Gasteiger partial charge in [-0.15, -0.1) is 16.8 Å². The van der Waals surface area contributed by atoms with Gasteiger partial charge in [0.2, 0.25) is 0 Å². The third-order valence-electron chi connectivity index (χ3n) is 4.66. The van der Waals surface area contributed by atoms with Gasteiger partial charge < -0.3 is 0 Å². The van der Waals surface area contributed by atoms with Gasteiger partial charge in [0.15, 0.2) is 5.65 Å². The monoisotopic (exact) mass is 289 g/mol. The molecule has 2 aromatic heterocycles. The van der Waals surface area contributed by atoms with Gasteiger partial charge in [-0.1, -0.05) is 42.0 Å². The first-order chi connectivity index (χ1) is 10.7. The largest absolute Gasteiger partial charge is 0.285 e. The second-order valence-electron chi connectivity index (χ2n) is 6.19. The molecule has 3 nitrogen and oxygen atoms in total. The summed E-state index contributed by atoms with van der Waals surface area (Å²) in [6.07, 6.45) is 7.09. The summed E-state index contributed by atoms with van der Waals surface area (Å²) < 4.78 is 2.16. The summed E-state index contributed by atoms with van der Waals surface area (Å²) in [6, 6.07) is 13.0. The van der Waals surface area contributed by atoms with Crippen molar-refractivity contribution in [3.63, 3.8) is 0 Å². The zero-order chi connectivity index (χ0) is 15.2. The fraction of sp³-hybridized carbons (Fsp3) is 0.263. The van der Waals surface area contributed by atoms with Crippen LogP contribution in [0.2, 0.25) is 0 Å². The van der Waals surface area contributed by atoms with Crippen LogP contribution in [-0.4, -0.2) is 14.6 Å². The lowest BCUT2D eigenvalue weighted by Crippen LogP contribution is -2.13. The van der Waals surface area contributed by atoms with E-state index in [0.29, 0.717) is 0 Å². The van der Waals surface area contributed by atoms with Crippen LogP contribution in [0, 0.1) is 6.92 Å². The van der Waals surface area contributed by atoms with Gasteiger partial charge in [-0.25, -0.2) is 0 Å². The normalized spacial score (nSPS) is 15.9. The van der Waals surface area contributed by atoms with Gasteiger partial charge in [-0.05, 0) is 37.8 Å². The van der Waals surface area contributed by atoms with Crippen LogP contribution in [-0.2, 0) is 11.8 Å². The zero-order valence-corrected chi connectivity index (χ0v) is 12.8. The van der Waals surface area contributed by atoms with E-state index in [9.17, 15) is 0 Å². The van der Waals surface area contributed by atoms with Crippen molar-refractivity contribution >= 4 is 5.65 Å². The smallest absolute Gasteiger partial charge is 0.164 e. The van der Waals surface area contributed by atoms with E-state index >= 15 is 0 Å². The SMILES string of the molecule is C=CCc1cccn2c(C3(c4ccc(C)cc4)CC3)nnc12. The van der Waals surface area contributed by atoms with Crippen molar-refractivity contribution < 1.29 is 0 Å². The van der Waals surface area contributed by atoms with Gasteiger partial charge in [0.1, 0.15) is 5.82 Å². The minimum absolute atomic E-state index is 0.0416. The van der Waals surface area contributed by atoms with Crippen molar-refractivity contribution in [2.75, 3.05) is 0 Å². The molecule has 0 atom stereocenters. The minimum atomic E-state index is 0.0416. The van der Waals surface area contributed by atoms with E-state index in [4.69, 9.17) is 0 Å². The molecule has 1 aliphatic rings. The fourth-order valence-corrected chi connectivity index (χ4v) is 3.25. The summed E-state index contributed by atoms with van der Waals surface area (Å²) in [7, 11) is 0. The summed E-state index contributed by atoms with van der Waals surface area (Å²) in [5.74, 6) is 1.07. The highest BCUT2D eigenvalue weighted by atomic mass is 15.3. The molecule has 3 aromatic rings. The average Bonchev–Trinajstić information content (AvgIpc) is 3.21. The molecular weight excluding hydrogens is 270 g/mol. The number of nitrogens with zero attached hydrogens (tertiary/aromatic N) is 3. The van der Waals surface area contributed by atoms with Gasteiger partial charge in [-0.2, -0.15) is 0 Å². The van der Waals surface area contributed by atoms with Crippen molar-refractivity contribution in [2.45, 2.75) is 31.6 Å². The predicted octanol–water partition coefficient (Wildman–Crippen LogP) is 3.85. The van der Waals surface area contributed by atoms with E-state index < -0.39 is 0 Å². The predicted molar refractivity (Wildman–Crippen MR) is 88.1 cm³/mol. The highest BCUT2D eigenvalue weighted by Crippen LogP contribution is 2.52. The molecule has 4 rings (SSSR count). The summed E-state index contributed by atoms with van der Waals surface area (Å²) >= 11 is 0. The third kappa shape index (κ3) is 1.89. The van der Waals surface area contributed by atoms with Gasteiger partial charge in [0.25, 0.3) is 0 Å². The number of rotatable bonds is 4. The summed E-state index contributed by atoms with van der Waals surface area (Å²) in [5.41, 5.74) is 4.81. The molecule has 0 saturated heterocycles. The van der Waals surface area contributed by atoms with Crippen LogP contribution < -0.4 is 0 Å². The molecule has 3 heteroatoms. The number of aromatic nitrogens is 3. The lowest BCUT2D eigenvalue weighted by molar-refractivity contribution is 0.739. The van der Waals surface area contributed by atoms with E-state index in [-0.39, 0.29) is 5.41 Å². The number of benzene rings is 1. The molecule has 110 valence electrons. The van der Waals surface area contributed by atoms with Crippen LogP contribution in [0.3, 0.4) is 0 Å². The van der Waals surface area contributed by atoms with Crippen molar-refractivity contribution in [1.29, 1.82) is 0 Å². The Hall–Kier alpha value is -2.42. The lowest BCUT2D eigenvalue weighted by atomic mass is 9.94. The topological polar surface area (TPSA) is 30.2 Å². The second-order valence-corrected chi connectivity index (χ2v) is 6.19. The lowest BCUT2D eigenvalue weighted by Gasteiger charge is -2.14. The first-order valence-corrected chi connectivity index (χ1v) is 7.76. The number of aryl methyl sites for hydroxylation is 1. The molecular formula is C19H19N3. The maximum Gasteiger partial charge on any atom is 0.164 e. The molecule has 0 bridgehead atoms. The Balaban J connectivity index is 1.86. The Morgan fingerprint density at radius 3 is 2.64 bits per heavy atom. The Bertz CT molecular complexity index is 839. The summed E-state index contributed by atoms with van der Waals surface area (Å²) in [4.78, 5) is 0.